The van der Waals surface area contributed by atoms with Gasteiger partial charge in [0.15, 0.2) is 0 Å². The van der Waals surface area contributed by atoms with Crippen molar-refractivity contribution in [2.45, 2.75) is 64.8 Å². The van der Waals surface area contributed by atoms with E-state index in [1.54, 1.807) is 0 Å². The lowest BCUT2D eigenvalue weighted by Crippen LogP contribution is -2.50. The molecule has 1 aliphatic carbocycles. The van der Waals surface area contributed by atoms with Crippen molar-refractivity contribution in [1.82, 2.24) is 10.2 Å². The molecule has 3 nitrogen and oxygen atoms in total. The number of hydrogen-bond acceptors (Lipinski definition) is 2. The van der Waals surface area contributed by atoms with Crippen molar-refractivity contribution in [2.75, 3.05) is 19.6 Å². The number of rotatable bonds is 5. The van der Waals surface area contributed by atoms with Gasteiger partial charge in [-0.3, -0.25) is 4.79 Å². The molecular weight excluding hydrogens is 224 g/mol. The van der Waals surface area contributed by atoms with E-state index in [-0.39, 0.29) is 6.04 Å². The molecule has 1 heterocycles. The van der Waals surface area contributed by atoms with Crippen LogP contribution in [-0.4, -0.2) is 36.5 Å². The van der Waals surface area contributed by atoms with Crippen molar-refractivity contribution in [3.63, 3.8) is 0 Å². The Balaban J connectivity index is 1.76. The molecule has 2 aliphatic rings. The normalized spacial score (nSPS) is 24.4. The van der Waals surface area contributed by atoms with Crippen molar-refractivity contribution in [1.29, 1.82) is 0 Å². The van der Waals surface area contributed by atoms with Gasteiger partial charge >= 0.3 is 0 Å². The fraction of sp³-hybridized carbons (Fsp3) is 0.933. The highest BCUT2D eigenvalue weighted by molar-refractivity contribution is 5.81. The Hall–Kier alpha value is -0.570. The monoisotopic (exact) mass is 252 g/mol. The highest BCUT2D eigenvalue weighted by Gasteiger charge is 2.35. The van der Waals surface area contributed by atoms with Gasteiger partial charge < -0.3 is 10.2 Å². The molecule has 18 heavy (non-hydrogen) atoms. The maximum absolute atomic E-state index is 12.3. The molecule has 0 aromatic rings. The predicted octanol–water partition coefficient (Wildman–Crippen LogP) is 2.56. The van der Waals surface area contributed by atoms with E-state index in [4.69, 9.17) is 0 Å². The second kappa shape index (κ2) is 6.05. The smallest absolute Gasteiger partial charge is 0.239 e. The minimum Gasteiger partial charge on any atom is -0.341 e. The summed E-state index contributed by atoms with van der Waals surface area (Å²) in [6.45, 7) is 7.24. The van der Waals surface area contributed by atoms with Crippen LogP contribution in [0.15, 0.2) is 0 Å². The number of hydrogen-bond donors (Lipinski definition) is 1. The summed E-state index contributed by atoms with van der Waals surface area (Å²) in [5.41, 5.74) is 0.496. The average molecular weight is 252 g/mol. The van der Waals surface area contributed by atoms with Crippen molar-refractivity contribution < 1.29 is 4.79 Å². The van der Waals surface area contributed by atoms with Gasteiger partial charge in [0.2, 0.25) is 5.91 Å². The molecule has 1 unspecified atom stereocenters. The number of nitrogens with zero attached hydrogens (tertiary/aromatic N) is 1. The van der Waals surface area contributed by atoms with E-state index in [9.17, 15) is 4.79 Å². The zero-order valence-corrected chi connectivity index (χ0v) is 12.0. The van der Waals surface area contributed by atoms with E-state index in [1.165, 1.54) is 44.9 Å². The largest absolute Gasteiger partial charge is 0.341 e. The van der Waals surface area contributed by atoms with Gasteiger partial charge in [0.1, 0.15) is 0 Å². The fourth-order valence-electron chi connectivity index (χ4n) is 3.18. The Morgan fingerprint density at radius 1 is 1.22 bits per heavy atom. The maximum atomic E-state index is 12.3. The average Bonchev–Trinajstić information content (AvgIpc) is 2.38. The van der Waals surface area contributed by atoms with Gasteiger partial charge in [-0.15, -0.1) is 0 Å². The highest BCUT2D eigenvalue weighted by Crippen LogP contribution is 2.43. The van der Waals surface area contributed by atoms with Crippen molar-refractivity contribution in [3.05, 3.63) is 0 Å². The van der Waals surface area contributed by atoms with Crippen LogP contribution in [0.4, 0.5) is 0 Å². The van der Waals surface area contributed by atoms with Gasteiger partial charge in [0.25, 0.3) is 0 Å². The molecule has 0 radical (unpaired) electrons. The molecular formula is C15H28N2O. The van der Waals surface area contributed by atoms with Crippen LogP contribution < -0.4 is 5.32 Å². The standard InChI is InChI=1S/C15H28N2O/c1-3-15(8-7-9-15)12-16-13(2)14(18)17-10-5-4-6-11-17/h13,16H,3-12H2,1-2H3. The summed E-state index contributed by atoms with van der Waals surface area (Å²) in [6, 6.07) is -0.00729. The third-order valence-corrected chi connectivity index (χ3v) is 4.99. The molecule has 3 heteroatoms. The molecule has 0 spiro atoms. The predicted molar refractivity (Wildman–Crippen MR) is 74.5 cm³/mol. The molecule has 0 aromatic carbocycles. The lowest BCUT2D eigenvalue weighted by molar-refractivity contribution is -0.134. The molecule has 1 N–H and O–H groups in total. The lowest BCUT2D eigenvalue weighted by atomic mass is 9.67. The number of piperidine rings is 1. The van der Waals surface area contributed by atoms with E-state index in [0.717, 1.165) is 19.6 Å². The molecule has 0 aromatic heterocycles. The Morgan fingerprint density at radius 3 is 2.39 bits per heavy atom. The van der Waals surface area contributed by atoms with E-state index in [0.29, 0.717) is 11.3 Å². The first-order chi connectivity index (χ1) is 8.67. The van der Waals surface area contributed by atoms with Crippen LogP contribution >= 0.6 is 0 Å². The zero-order chi connectivity index (χ0) is 13.0. The Bertz CT molecular complexity index is 275. The summed E-state index contributed by atoms with van der Waals surface area (Å²) in [5, 5.41) is 3.48. The summed E-state index contributed by atoms with van der Waals surface area (Å²) < 4.78 is 0. The first-order valence-electron chi connectivity index (χ1n) is 7.69. The number of nitrogens with one attached hydrogen (secondary N) is 1. The first kappa shape index (κ1) is 13.9. The first-order valence-corrected chi connectivity index (χ1v) is 7.69. The Labute approximate surface area is 111 Å². The second-order valence-electron chi connectivity index (χ2n) is 6.20. The van der Waals surface area contributed by atoms with Gasteiger partial charge in [0, 0.05) is 19.6 Å². The van der Waals surface area contributed by atoms with E-state index < -0.39 is 0 Å². The summed E-state index contributed by atoms with van der Waals surface area (Å²) in [7, 11) is 0. The lowest BCUT2D eigenvalue weighted by Gasteiger charge is -2.42. The van der Waals surface area contributed by atoms with Crippen LogP contribution in [0.2, 0.25) is 0 Å². The van der Waals surface area contributed by atoms with E-state index in [2.05, 4.69) is 12.2 Å². The molecule has 1 saturated heterocycles. The van der Waals surface area contributed by atoms with E-state index in [1.807, 2.05) is 11.8 Å². The molecule has 2 rings (SSSR count). The molecule has 1 atom stereocenters. The number of amides is 1. The zero-order valence-electron chi connectivity index (χ0n) is 12.0. The summed E-state index contributed by atoms with van der Waals surface area (Å²) in [4.78, 5) is 14.3. The fourth-order valence-corrected chi connectivity index (χ4v) is 3.18. The number of carbonyl (C=O) groups is 1. The van der Waals surface area contributed by atoms with Crippen LogP contribution in [0.5, 0.6) is 0 Å². The van der Waals surface area contributed by atoms with Gasteiger partial charge in [0.05, 0.1) is 6.04 Å². The quantitative estimate of drug-likeness (QED) is 0.815. The maximum Gasteiger partial charge on any atom is 0.239 e. The Morgan fingerprint density at radius 2 is 1.89 bits per heavy atom. The van der Waals surface area contributed by atoms with Gasteiger partial charge in [-0.1, -0.05) is 13.3 Å². The Kier molecular flexibility index (Phi) is 4.66. The van der Waals surface area contributed by atoms with Gasteiger partial charge in [-0.05, 0) is 50.9 Å². The number of likely N-dealkylation sites (tertiary alicyclic amines) is 1. The van der Waals surface area contributed by atoms with Crippen molar-refractivity contribution >= 4 is 5.91 Å². The van der Waals surface area contributed by atoms with Gasteiger partial charge in [-0.25, -0.2) is 0 Å². The van der Waals surface area contributed by atoms with Crippen LogP contribution in [-0.2, 0) is 4.79 Å². The van der Waals surface area contributed by atoms with Gasteiger partial charge in [-0.2, -0.15) is 0 Å². The summed E-state index contributed by atoms with van der Waals surface area (Å²) in [6.07, 6.45) is 8.91. The molecule has 1 saturated carbocycles. The van der Waals surface area contributed by atoms with Crippen molar-refractivity contribution in [2.24, 2.45) is 5.41 Å². The molecule has 1 amide bonds. The highest BCUT2D eigenvalue weighted by atomic mass is 16.2. The molecule has 1 aliphatic heterocycles. The topological polar surface area (TPSA) is 32.3 Å². The minimum absolute atomic E-state index is 0.00729. The van der Waals surface area contributed by atoms with E-state index >= 15 is 0 Å². The molecule has 2 fully saturated rings. The minimum atomic E-state index is -0.00729. The summed E-state index contributed by atoms with van der Waals surface area (Å²) in [5.74, 6) is 0.306. The van der Waals surface area contributed by atoms with Crippen LogP contribution in [0, 0.1) is 5.41 Å². The SMILES string of the molecule is CCC1(CNC(C)C(=O)N2CCCCC2)CCC1. The molecule has 104 valence electrons. The van der Waals surface area contributed by atoms with Crippen LogP contribution in [0.1, 0.15) is 58.8 Å². The van der Waals surface area contributed by atoms with Crippen LogP contribution in [0.25, 0.3) is 0 Å². The van der Waals surface area contributed by atoms with Crippen molar-refractivity contribution in [3.8, 4) is 0 Å². The summed E-state index contributed by atoms with van der Waals surface area (Å²) >= 11 is 0. The number of carbonyl (C=O) groups excluding carboxylic acids is 1. The third-order valence-electron chi connectivity index (χ3n) is 4.99. The second-order valence-corrected chi connectivity index (χ2v) is 6.20. The molecule has 0 bridgehead atoms. The van der Waals surface area contributed by atoms with Crippen LogP contribution in [0.3, 0.4) is 0 Å². The third kappa shape index (κ3) is 3.05.